The van der Waals surface area contributed by atoms with Crippen molar-refractivity contribution in [2.45, 2.75) is 76.7 Å². The topological polar surface area (TPSA) is 275 Å². The Kier molecular flexibility index (Phi) is 18.2. The molecule has 19 nitrogen and oxygen atoms in total. The summed E-state index contributed by atoms with van der Waals surface area (Å²) in [5, 5.41) is 21.8. The Morgan fingerprint density at radius 3 is 1.85 bits per heavy atom. The van der Waals surface area contributed by atoms with Crippen molar-refractivity contribution in [1.29, 1.82) is 0 Å². The van der Waals surface area contributed by atoms with E-state index in [-0.39, 0.29) is 5.69 Å². The number of methoxy groups -OCH3 is 2. The van der Waals surface area contributed by atoms with Crippen LogP contribution in [0.15, 0.2) is 54.6 Å². The molecule has 328 valence electrons. The standard InChI is InChI=1S/C40H46F2N6O13/c1-20(2)34(48-38(56)26-14-13-22-9-6-7-12-25(22)44-26)40(58)47-29(18-33(53)60-5)39(57)45-27(15-16-31(50)51)37(55)43-21(3)36(54)46-28(17-32(52)59-4)30(49)19-61-35-23(41)10-8-11-24(35)42/h6-14,20-21,27-29,34H,15-19H2,1-5H3,(H,43,55)(H,45,57)(H,46,54)(H,47,58)(H,48,56)(H,50,51)/t21-,27-,28?,29-,34-/m0/s1. The fourth-order valence-corrected chi connectivity index (χ4v) is 5.51. The van der Waals surface area contributed by atoms with Crippen LogP contribution in [0.3, 0.4) is 0 Å². The van der Waals surface area contributed by atoms with E-state index in [1.165, 1.54) is 6.07 Å². The third kappa shape index (κ3) is 14.6. The second-order valence-corrected chi connectivity index (χ2v) is 13.8. The number of aliphatic carboxylic acids is 1. The minimum absolute atomic E-state index is 0.00720. The molecule has 6 N–H and O–H groups in total. The van der Waals surface area contributed by atoms with Gasteiger partial charge >= 0.3 is 17.9 Å². The number of ketones is 1. The average molecular weight is 857 g/mol. The quantitative estimate of drug-likeness (QED) is 0.0766. The lowest BCUT2D eigenvalue weighted by atomic mass is 10.0. The van der Waals surface area contributed by atoms with Crippen LogP contribution in [0.5, 0.6) is 5.75 Å². The number of carboxylic acids is 1. The monoisotopic (exact) mass is 856 g/mol. The molecule has 0 fully saturated rings. The highest BCUT2D eigenvalue weighted by molar-refractivity contribution is 6.00. The maximum atomic E-state index is 14.0. The van der Waals surface area contributed by atoms with Crippen LogP contribution in [0.1, 0.15) is 56.9 Å². The molecular formula is C40H46F2N6O13. The number of hydrogen-bond acceptors (Lipinski definition) is 13. The van der Waals surface area contributed by atoms with Crippen molar-refractivity contribution in [2.75, 3.05) is 20.8 Å². The summed E-state index contributed by atoms with van der Waals surface area (Å²) in [5.41, 5.74) is 0.513. The maximum absolute atomic E-state index is 14.0. The Morgan fingerprint density at radius 2 is 1.25 bits per heavy atom. The first-order valence-electron chi connectivity index (χ1n) is 18.7. The number of hydrogen-bond donors (Lipinski definition) is 6. The van der Waals surface area contributed by atoms with E-state index in [0.717, 1.165) is 44.7 Å². The van der Waals surface area contributed by atoms with Gasteiger partial charge in [-0.05, 0) is 43.5 Å². The van der Waals surface area contributed by atoms with E-state index in [1.807, 2.05) is 0 Å². The molecule has 0 radical (unpaired) electrons. The minimum Gasteiger partial charge on any atom is -0.481 e. The molecular weight excluding hydrogens is 810 g/mol. The fraction of sp³-hybridized carbons (Fsp3) is 0.400. The number of benzene rings is 2. The number of aromatic nitrogens is 1. The molecule has 5 amide bonds. The van der Waals surface area contributed by atoms with Gasteiger partial charge in [-0.2, -0.15) is 0 Å². The first-order chi connectivity index (χ1) is 28.8. The zero-order valence-corrected chi connectivity index (χ0v) is 33.7. The van der Waals surface area contributed by atoms with Crippen LogP contribution in [0.4, 0.5) is 8.78 Å². The molecule has 3 aromatic rings. The van der Waals surface area contributed by atoms with E-state index in [1.54, 1.807) is 44.2 Å². The highest BCUT2D eigenvalue weighted by Crippen LogP contribution is 2.21. The fourth-order valence-electron chi connectivity index (χ4n) is 5.51. The smallest absolute Gasteiger partial charge is 0.308 e. The Hall–Kier alpha value is -7.06. The minimum atomic E-state index is -1.73. The number of carbonyl (C=O) groups is 9. The summed E-state index contributed by atoms with van der Waals surface area (Å²) in [6, 6.07) is 5.03. The van der Waals surface area contributed by atoms with Crippen molar-refractivity contribution < 1.29 is 71.2 Å². The Labute approximate surface area is 347 Å². The molecule has 21 heteroatoms. The number of carbonyl (C=O) groups excluding carboxylic acids is 8. The molecule has 61 heavy (non-hydrogen) atoms. The highest BCUT2D eigenvalue weighted by atomic mass is 19.1. The summed E-state index contributed by atoms with van der Waals surface area (Å²) >= 11 is 0. The van der Waals surface area contributed by atoms with Crippen molar-refractivity contribution in [2.24, 2.45) is 5.92 Å². The summed E-state index contributed by atoms with van der Waals surface area (Å²) in [6.07, 6.45) is -2.77. The van der Waals surface area contributed by atoms with Crippen molar-refractivity contribution >= 4 is 64.1 Å². The number of nitrogens with one attached hydrogen (secondary N) is 5. The zero-order valence-electron chi connectivity index (χ0n) is 33.7. The van der Waals surface area contributed by atoms with E-state index >= 15 is 0 Å². The summed E-state index contributed by atoms with van der Waals surface area (Å²) in [5.74, 6) is -13.0. The van der Waals surface area contributed by atoms with E-state index in [0.29, 0.717) is 5.52 Å². The molecule has 2 aromatic carbocycles. The lowest BCUT2D eigenvalue weighted by Gasteiger charge is -2.27. The van der Waals surface area contributed by atoms with Gasteiger partial charge in [0.25, 0.3) is 5.91 Å². The number of fused-ring (bicyclic) bond motifs is 1. The number of halogens is 2. The van der Waals surface area contributed by atoms with Gasteiger partial charge in [-0.1, -0.05) is 44.2 Å². The molecule has 3 rings (SSSR count). The van der Waals surface area contributed by atoms with Gasteiger partial charge < -0.3 is 45.9 Å². The molecule has 0 aliphatic heterocycles. The van der Waals surface area contributed by atoms with E-state index < -0.39 is 139 Å². The average Bonchev–Trinajstić information content (AvgIpc) is 3.22. The summed E-state index contributed by atoms with van der Waals surface area (Å²) in [4.78, 5) is 120. The van der Waals surface area contributed by atoms with Gasteiger partial charge in [-0.15, -0.1) is 0 Å². The van der Waals surface area contributed by atoms with Gasteiger partial charge in [0.15, 0.2) is 23.2 Å². The molecule has 0 spiro atoms. The first-order valence-corrected chi connectivity index (χ1v) is 18.7. The number of nitrogens with zero attached hydrogens (tertiary/aromatic N) is 1. The summed E-state index contributed by atoms with van der Waals surface area (Å²) in [7, 11) is 2.01. The molecule has 0 saturated carbocycles. The second-order valence-electron chi connectivity index (χ2n) is 13.8. The van der Waals surface area contributed by atoms with Crippen LogP contribution in [0.2, 0.25) is 0 Å². The van der Waals surface area contributed by atoms with Crippen LogP contribution in [0, 0.1) is 17.6 Å². The van der Waals surface area contributed by atoms with Gasteiger partial charge in [0, 0.05) is 11.8 Å². The van der Waals surface area contributed by atoms with Gasteiger partial charge in [0.2, 0.25) is 23.6 Å². The molecule has 1 heterocycles. The lowest BCUT2D eigenvalue weighted by Crippen LogP contribution is -2.59. The van der Waals surface area contributed by atoms with Crippen LogP contribution >= 0.6 is 0 Å². The number of pyridine rings is 1. The number of amides is 5. The molecule has 1 unspecified atom stereocenters. The Balaban J connectivity index is 1.75. The van der Waals surface area contributed by atoms with Crippen LogP contribution in [0.25, 0.3) is 10.9 Å². The molecule has 1 aromatic heterocycles. The van der Waals surface area contributed by atoms with Gasteiger partial charge in [-0.25, -0.2) is 13.8 Å². The van der Waals surface area contributed by atoms with E-state index in [9.17, 15) is 57.0 Å². The normalized spacial score (nSPS) is 13.3. The number of carboxylic acid groups (broad SMARTS) is 1. The van der Waals surface area contributed by atoms with Crippen molar-refractivity contribution in [3.8, 4) is 5.75 Å². The third-order valence-corrected chi connectivity index (χ3v) is 8.91. The van der Waals surface area contributed by atoms with Gasteiger partial charge in [0.1, 0.15) is 42.5 Å². The van der Waals surface area contributed by atoms with Crippen LogP contribution < -0.4 is 31.3 Å². The molecule has 0 aliphatic carbocycles. The maximum Gasteiger partial charge on any atom is 0.308 e. The summed E-state index contributed by atoms with van der Waals surface area (Å²) in [6.45, 7) is 3.35. The molecule has 5 atom stereocenters. The largest absolute Gasteiger partial charge is 0.481 e. The number of para-hydroxylation sites is 2. The predicted octanol–water partition coefficient (Wildman–Crippen LogP) is 0.866. The molecule has 0 aliphatic rings. The highest BCUT2D eigenvalue weighted by Gasteiger charge is 2.34. The van der Waals surface area contributed by atoms with Crippen LogP contribution in [-0.4, -0.2) is 114 Å². The van der Waals surface area contributed by atoms with Crippen molar-refractivity contribution in [3.05, 3.63) is 71.9 Å². The van der Waals surface area contributed by atoms with Crippen molar-refractivity contribution in [1.82, 2.24) is 31.6 Å². The second kappa shape index (κ2) is 22.9. The van der Waals surface area contributed by atoms with E-state index in [4.69, 9.17) is 4.74 Å². The summed E-state index contributed by atoms with van der Waals surface area (Å²) < 4.78 is 42.3. The van der Waals surface area contributed by atoms with Crippen LogP contribution in [-0.2, 0) is 47.8 Å². The van der Waals surface area contributed by atoms with E-state index in [2.05, 4.69) is 41.0 Å². The Morgan fingerprint density at radius 1 is 0.672 bits per heavy atom. The van der Waals surface area contributed by atoms with Gasteiger partial charge in [0.05, 0.1) is 32.6 Å². The molecule has 0 bridgehead atoms. The number of rotatable bonds is 22. The van der Waals surface area contributed by atoms with Gasteiger partial charge in [-0.3, -0.25) is 43.2 Å². The number of esters is 2. The third-order valence-electron chi connectivity index (χ3n) is 8.91. The number of ether oxygens (including phenoxy) is 3. The lowest BCUT2D eigenvalue weighted by molar-refractivity contribution is -0.144. The number of Topliss-reactive ketones (excluding diaryl/α,β-unsaturated/α-hetero) is 1. The van der Waals surface area contributed by atoms with Crippen molar-refractivity contribution in [3.63, 3.8) is 0 Å². The zero-order chi connectivity index (χ0) is 45.4. The first kappa shape index (κ1) is 48.3. The Bertz CT molecular complexity index is 2110. The SMILES string of the molecule is COC(=O)CC(NC(=O)[C@H](C)NC(=O)[C@H](CCC(=O)O)NC(=O)[C@H](CC(=O)OC)NC(=O)[C@@H](NC(=O)c1ccc2ccccc2n1)C(C)C)C(=O)COc1c(F)cccc1F. The predicted molar refractivity (Wildman–Crippen MR) is 208 cm³/mol. The molecule has 0 saturated heterocycles.